The summed E-state index contributed by atoms with van der Waals surface area (Å²) in [6, 6.07) is 13.9. The summed E-state index contributed by atoms with van der Waals surface area (Å²) in [6.07, 6.45) is 2.13. The third-order valence-electron chi connectivity index (χ3n) is 4.60. The van der Waals surface area contributed by atoms with Crippen LogP contribution in [0.25, 0.3) is 0 Å². The molecule has 2 N–H and O–H groups in total. The Labute approximate surface area is 171 Å². The summed E-state index contributed by atoms with van der Waals surface area (Å²) in [5, 5.41) is 5.73. The van der Waals surface area contributed by atoms with E-state index in [1.54, 1.807) is 42.5 Å². The van der Waals surface area contributed by atoms with Gasteiger partial charge in [-0.1, -0.05) is 19.9 Å². The van der Waals surface area contributed by atoms with Gasteiger partial charge in [0.05, 0.1) is 12.7 Å². The molecule has 1 aliphatic rings. The van der Waals surface area contributed by atoms with E-state index in [2.05, 4.69) is 24.5 Å². The summed E-state index contributed by atoms with van der Waals surface area (Å²) in [4.78, 5) is 24.7. The third kappa shape index (κ3) is 6.32. The van der Waals surface area contributed by atoms with Gasteiger partial charge < -0.3 is 20.1 Å². The maximum Gasteiger partial charge on any atom is 0.255 e. The third-order valence-corrected chi connectivity index (χ3v) is 4.60. The first-order chi connectivity index (χ1) is 14.0. The molecule has 3 rings (SSSR count). The lowest BCUT2D eigenvalue weighted by Crippen LogP contribution is -2.31. The van der Waals surface area contributed by atoms with Crippen molar-refractivity contribution in [1.82, 2.24) is 5.32 Å². The highest BCUT2D eigenvalue weighted by Crippen LogP contribution is 2.17. The summed E-state index contributed by atoms with van der Waals surface area (Å²) in [5.74, 6) is 0.711. The molecular weight excluding hydrogens is 368 g/mol. The molecule has 1 atom stereocenters. The van der Waals surface area contributed by atoms with E-state index in [0.29, 0.717) is 41.6 Å². The van der Waals surface area contributed by atoms with Crippen LogP contribution in [-0.2, 0) is 4.74 Å². The molecule has 2 aromatic rings. The number of rotatable bonds is 8. The standard InChI is InChI=1S/C23H28N2O4/c1-16(2)15-29-20-6-3-5-18(13-20)23(27)25-19-10-8-17(9-11-19)22(26)24-14-21-7-4-12-28-21/h3,5-6,8-11,13,16,21H,4,7,12,14-15H2,1-2H3,(H,24,26)(H,25,27). The normalized spacial score (nSPS) is 15.9. The Kier molecular flexibility index (Phi) is 7.25. The number of hydrogen-bond donors (Lipinski definition) is 2. The lowest BCUT2D eigenvalue weighted by Gasteiger charge is -2.12. The van der Waals surface area contributed by atoms with Gasteiger partial charge in [-0.25, -0.2) is 0 Å². The molecular formula is C23H28N2O4. The Morgan fingerprint density at radius 3 is 2.59 bits per heavy atom. The predicted molar refractivity (Wildman–Crippen MR) is 112 cm³/mol. The van der Waals surface area contributed by atoms with Crippen LogP contribution in [0.3, 0.4) is 0 Å². The van der Waals surface area contributed by atoms with Crippen LogP contribution in [0.1, 0.15) is 47.4 Å². The predicted octanol–water partition coefficient (Wildman–Crippen LogP) is 3.88. The first-order valence-corrected chi connectivity index (χ1v) is 10.1. The van der Waals surface area contributed by atoms with E-state index in [-0.39, 0.29) is 17.9 Å². The van der Waals surface area contributed by atoms with E-state index in [4.69, 9.17) is 9.47 Å². The van der Waals surface area contributed by atoms with Crippen molar-refractivity contribution in [3.05, 3.63) is 59.7 Å². The molecule has 1 aliphatic heterocycles. The Morgan fingerprint density at radius 2 is 1.90 bits per heavy atom. The van der Waals surface area contributed by atoms with Crippen LogP contribution >= 0.6 is 0 Å². The molecule has 2 amide bonds. The molecule has 6 nitrogen and oxygen atoms in total. The highest BCUT2D eigenvalue weighted by molar-refractivity contribution is 6.04. The zero-order valence-electron chi connectivity index (χ0n) is 16.9. The molecule has 154 valence electrons. The summed E-state index contributed by atoms with van der Waals surface area (Å²) in [5.41, 5.74) is 1.69. The second-order valence-corrected chi connectivity index (χ2v) is 7.61. The fourth-order valence-electron chi connectivity index (χ4n) is 3.01. The largest absolute Gasteiger partial charge is 0.493 e. The van der Waals surface area contributed by atoms with Crippen molar-refractivity contribution in [3.8, 4) is 5.75 Å². The van der Waals surface area contributed by atoms with Gasteiger partial charge in [0.2, 0.25) is 0 Å². The molecule has 29 heavy (non-hydrogen) atoms. The first-order valence-electron chi connectivity index (χ1n) is 10.1. The van der Waals surface area contributed by atoms with Gasteiger partial charge >= 0.3 is 0 Å². The van der Waals surface area contributed by atoms with Crippen LogP contribution in [0, 0.1) is 5.92 Å². The Balaban J connectivity index is 1.54. The second-order valence-electron chi connectivity index (χ2n) is 7.61. The number of benzene rings is 2. The van der Waals surface area contributed by atoms with E-state index < -0.39 is 0 Å². The monoisotopic (exact) mass is 396 g/mol. The van der Waals surface area contributed by atoms with Crippen molar-refractivity contribution in [3.63, 3.8) is 0 Å². The molecule has 2 aromatic carbocycles. The van der Waals surface area contributed by atoms with Crippen molar-refractivity contribution in [1.29, 1.82) is 0 Å². The minimum atomic E-state index is -0.226. The number of amides is 2. The van der Waals surface area contributed by atoms with Crippen LogP contribution in [-0.4, -0.2) is 37.7 Å². The summed E-state index contributed by atoms with van der Waals surface area (Å²) >= 11 is 0. The fraction of sp³-hybridized carbons (Fsp3) is 0.391. The number of ether oxygens (including phenoxy) is 2. The molecule has 1 saturated heterocycles. The molecule has 1 heterocycles. The van der Waals surface area contributed by atoms with E-state index in [1.165, 1.54) is 0 Å². The summed E-state index contributed by atoms with van der Waals surface area (Å²) < 4.78 is 11.2. The van der Waals surface area contributed by atoms with E-state index >= 15 is 0 Å². The van der Waals surface area contributed by atoms with Crippen molar-refractivity contribution in [2.45, 2.75) is 32.8 Å². The molecule has 0 aromatic heterocycles. The van der Waals surface area contributed by atoms with Gasteiger partial charge in [-0.3, -0.25) is 9.59 Å². The SMILES string of the molecule is CC(C)COc1cccc(C(=O)Nc2ccc(C(=O)NCC3CCCO3)cc2)c1. The quantitative estimate of drug-likeness (QED) is 0.710. The fourth-order valence-corrected chi connectivity index (χ4v) is 3.01. The number of nitrogens with one attached hydrogen (secondary N) is 2. The Bertz CT molecular complexity index is 827. The van der Waals surface area contributed by atoms with E-state index in [1.807, 2.05) is 6.07 Å². The van der Waals surface area contributed by atoms with Gasteiger partial charge in [0.1, 0.15) is 5.75 Å². The van der Waals surface area contributed by atoms with Gasteiger partial charge in [-0.2, -0.15) is 0 Å². The topological polar surface area (TPSA) is 76.7 Å². The molecule has 6 heteroatoms. The van der Waals surface area contributed by atoms with Crippen LogP contribution in [0.2, 0.25) is 0 Å². The lowest BCUT2D eigenvalue weighted by atomic mass is 10.1. The average molecular weight is 396 g/mol. The molecule has 0 radical (unpaired) electrons. The Morgan fingerprint density at radius 1 is 1.10 bits per heavy atom. The Hall–Kier alpha value is -2.86. The van der Waals surface area contributed by atoms with Gasteiger partial charge in [0.25, 0.3) is 11.8 Å². The second kappa shape index (κ2) is 10.1. The molecule has 0 bridgehead atoms. The first kappa shape index (κ1) is 20.9. The zero-order valence-corrected chi connectivity index (χ0v) is 16.9. The van der Waals surface area contributed by atoms with Gasteiger partial charge in [-0.05, 0) is 61.2 Å². The van der Waals surface area contributed by atoms with Gasteiger partial charge in [0.15, 0.2) is 0 Å². The van der Waals surface area contributed by atoms with Crippen LogP contribution in [0.4, 0.5) is 5.69 Å². The number of carbonyl (C=O) groups is 2. The average Bonchev–Trinajstić information content (AvgIpc) is 3.25. The number of hydrogen-bond acceptors (Lipinski definition) is 4. The van der Waals surface area contributed by atoms with E-state index in [9.17, 15) is 9.59 Å². The number of anilines is 1. The minimum absolute atomic E-state index is 0.109. The highest BCUT2D eigenvalue weighted by atomic mass is 16.5. The van der Waals surface area contributed by atoms with Crippen LogP contribution in [0.5, 0.6) is 5.75 Å². The molecule has 0 saturated carbocycles. The van der Waals surface area contributed by atoms with Crippen molar-refractivity contribution in [2.24, 2.45) is 5.92 Å². The molecule has 0 spiro atoms. The maximum atomic E-state index is 12.5. The van der Waals surface area contributed by atoms with Gasteiger partial charge in [-0.15, -0.1) is 0 Å². The van der Waals surface area contributed by atoms with Crippen molar-refractivity contribution < 1.29 is 19.1 Å². The summed E-state index contributed by atoms with van der Waals surface area (Å²) in [6.45, 7) is 6.03. The minimum Gasteiger partial charge on any atom is -0.493 e. The zero-order chi connectivity index (χ0) is 20.6. The maximum absolute atomic E-state index is 12.5. The number of carbonyl (C=O) groups excluding carboxylic acids is 2. The van der Waals surface area contributed by atoms with Crippen molar-refractivity contribution >= 4 is 17.5 Å². The van der Waals surface area contributed by atoms with E-state index in [0.717, 1.165) is 19.4 Å². The highest BCUT2D eigenvalue weighted by Gasteiger charge is 2.16. The smallest absolute Gasteiger partial charge is 0.255 e. The lowest BCUT2D eigenvalue weighted by molar-refractivity contribution is 0.0857. The van der Waals surface area contributed by atoms with Crippen LogP contribution in [0.15, 0.2) is 48.5 Å². The van der Waals surface area contributed by atoms with Crippen molar-refractivity contribution in [2.75, 3.05) is 25.1 Å². The molecule has 1 unspecified atom stereocenters. The van der Waals surface area contributed by atoms with Crippen LogP contribution < -0.4 is 15.4 Å². The molecule has 1 fully saturated rings. The van der Waals surface area contributed by atoms with Gasteiger partial charge in [0, 0.05) is 30.0 Å². The molecule has 0 aliphatic carbocycles. The summed E-state index contributed by atoms with van der Waals surface area (Å²) in [7, 11) is 0.